The van der Waals surface area contributed by atoms with Crippen molar-refractivity contribution >= 4 is 23.0 Å². The molecule has 2 aromatic rings. The van der Waals surface area contributed by atoms with Crippen molar-refractivity contribution in [1.82, 2.24) is 0 Å². The monoisotopic (exact) mass is 293 g/mol. The van der Waals surface area contributed by atoms with Crippen molar-refractivity contribution < 1.29 is 13.9 Å². The molecule has 20 heavy (non-hydrogen) atoms. The van der Waals surface area contributed by atoms with Crippen LogP contribution in [0.15, 0.2) is 30.3 Å². The summed E-state index contributed by atoms with van der Waals surface area (Å²) in [4.78, 5) is 13.3. The lowest BCUT2D eigenvalue weighted by Gasteiger charge is -2.06. The van der Waals surface area contributed by atoms with Gasteiger partial charge in [0.1, 0.15) is 5.82 Å². The molecule has 1 aromatic carbocycles. The topological polar surface area (TPSA) is 38.3 Å². The van der Waals surface area contributed by atoms with Gasteiger partial charge in [-0.2, -0.15) is 0 Å². The van der Waals surface area contributed by atoms with Crippen molar-refractivity contribution in [1.29, 1.82) is 0 Å². The number of thiophene rings is 1. The van der Waals surface area contributed by atoms with Crippen molar-refractivity contribution in [2.45, 2.75) is 19.9 Å². The molecule has 0 saturated heterocycles. The second kappa shape index (κ2) is 6.52. The van der Waals surface area contributed by atoms with Gasteiger partial charge in [-0.15, -0.1) is 11.3 Å². The first-order chi connectivity index (χ1) is 9.58. The fraction of sp³-hybridized carbons (Fsp3) is 0.267. The molecule has 106 valence electrons. The highest BCUT2D eigenvalue weighted by molar-refractivity contribution is 7.12. The molecule has 1 aromatic heterocycles. The van der Waals surface area contributed by atoms with E-state index >= 15 is 0 Å². The maximum absolute atomic E-state index is 13.2. The van der Waals surface area contributed by atoms with Crippen molar-refractivity contribution in [2.24, 2.45) is 0 Å². The first-order valence-corrected chi connectivity index (χ1v) is 7.04. The predicted molar refractivity (Wildman–Crippen MR) is 78.5 cm³/mol. The Morgan fingerprint density at radius 2 is 2.05 bits per heavy atom. The minimum atomic E-state index is -0.236. The molecule has 0 aliphatic carbocycles. The fourth-order valence-electron chi connectivity index (χ4n) is 1.77. The summed E-state index contributed by atoms with van der Waals surface area (Å²) in [5.41, 5.74) is 1.50. The lowest BCUT2D eigenvalue weighted by molar-refractivity contribution is -0.139. The molecule has 5 heteroatoms. The first kappa shape index (κ1) is 14.5. The van der Waals surface area contributed by atoms with Crippen LogP contribution in [0.1, 0.15) is 15.3 Å². The van der Waals surface area contributed by atoms with Gasteiger partial charge in [-0.05, 0) is 42.8 Å². The van der Waals surface area contributed by atoms with Crippen molar-refractivity contribution in [3.63, 3.8) is 0 Å². The summed E-state index contributed by atoms with van der Waals surface area (Å²) in [5.74, 6) is -0.437. The van der Waals surface area contributed by atoms with E-state index in [4.69, 9.17) is 0 Å². The summed E-state index contributed by atoms with van der Waals surface area (Å²) in [5, 5.41) is 3.24. The van der Waals surface area contributed by atoms with E-state index in [1.807, 2.05) is 12.1 Å². The number of rotatable bonds is 5. The summed E-state index contributed by atoms with van der Waals surface area (Å²) >= 11 is 1.57. The van der Waals surface area contributed by atoms with E-state index in [9.17, 15) is 9.18 Å². The Morgan fingerprint density at radius 3 is 2.75 bits per heavy atom. The molecule has 0 aliphatic rings. The number of hydrogen-bond acceptors (Lipinski definition) is 4. The highest BCUT2D eigenvalue weighted by Crippen LogP contribution is 2.20. The van der Waals surface area contributed by atoms with Crippen LogP contribution in [-0.4, -0.2) is 13.1 Å². The van der Waals surface area contributed by atoms with Gasteiger partial charge in [0.25, 0.3) is 0 Å². The van der Waals surface area contributed by atoms with Gasteiger partial charge in [0, 0.05) is 22.0 Å². The third-order valence-electron chi connectivity index (χ3n) is 2.89. The van der Waals surface area contributed by atoms with E-state index in [1.165, 1.54) is 13.2 Å². The molecule has 0 radical (unpaired) electrons. The number of carbonyl (C=O) groups excluding carboxylic acids is 1. The van der Waals surface area contributed by atoms with Crippen molar-refractivity contribution in [2.75, 3.05) is 12.4 Å². The van der Waals surface area contributed by atoms with Crippen LogP contribution in [0.2, 0.25) is 0 Å². The molecular formula is C15H16FNO2S. The summed E-state index contributed by atoms with van der Waals surface area (Å²) in [6.45, 7) is 2.39. The van der Waals surface area contributed by atoms with E-state index in [0.717, 1.165) is 15.4 Å². The number of benzene rings is 1. The average Bonchev–Trinajstić information content (AvgIpc) is 2.87. The van der Waals surface area contributed by atoms with Gasteiger partial charge in [0.15, 0.2) is 0 Å². The van der Waals surface area contributed by atoms with E-state index < -0.39 is 0 Å². The number of halogens is 1. The van der Waals surface area contributed by atoms with Crippen LogP contribution in [0.25, 0.3) is 0 Å². The minimum absolute atomic E-state index is 0.202. The molecule has 0 saturated carbocycles. The molecule has 0 spiro atoms. The fourth-order valence-corrected chi connectivity index (χ4v) is 2.71. The predicted octanol–water partition coefficient (Wildman–Crippen LogP) is 3.52. The SMILES string of the molecule is COC(=O)Cc1ccc(CNc2ccc(F)c(C)c2)s1. The third kappa shape index (κ3) is 3.81. The molecule has 0 bridgehead atoms. The Labute approximate surface area is 121 Å². The number of esters is 1. The minimum Gasteiger partial charge on any atom is -0.469 e. The van der Waals surface area contributed by atoms with E-state index in [0.29, 0.717) is 18.5 Å². The van der Waals surface area contributed by atoms with Gasteiger partial charge in [0.05, 0.1) is 13.5 Å². The maximum Gasteiger partial charge on any atom is 0.310 e. The molecule has 0 amide bonds. The molecule has 0 atom stereocenters. The highest BCUT2D eigenvalue weighted by Gasteiger charge is 2.06. The summed E-state index contributed by atoms with van der Waals surface area (Å²) in [6, 6.07) is 8.85. The van der Waals surface area contributed by atoms with Gasteiger partial charge in [0.2, 0.25) is 0 Å². The second-order valence-corrected chi connectivity index (χ2v) is 5.69. The lowest BCUT2D eigenvalue weighted by atomic mass is 10.2. The van der Waals surface area contributed by atoms with Crippen LogP contribution < -0.4 is 5.32 Å². The molecule has 2 rings (SSSR count). The van der Waals surface area contributed by atoms with Crippen LogP contribution >= 0.6 is 11.3 Å². The van der Waals surface area contributed by atoms with Gasteiger partial charge in [-0.25, -0.2) is 4.39 Å². The zero-order valence-corrected chi connectivity index (χ0v) is 12.2. The summed E-state index contributed by atoms with van der Waals surface area (Å²) in [7, 11) is 1.38. The number of nitrogens with one attached hydrogen (secondary N) is 1. The van der Waals surface area contributed by atoms with Gasteiger partial charge in [-0.3, -0.25) is 4.79 Å². The molecule has 0 unspecified atom stereocenters. The number of ether oxygens (including phenoxy) is 1. The Morgan fingerprint density at radius 1 is 1.30 bits per heavy atom. The van der Waals surface area contributed by atoms with Crippen LogP contribution in [0, 0.1) is 12.7 Å². The molecule has 0 aliphatic heterocycles. The molecular weight excluding hydrogens is 277 g/mol. The normalized spacial score (nSPS) is 10.3. The third-order valence-corrected chi connectivity index (χ3v) is 3.97. The van der Waals surface area contributed by atoms with E-state index in [2.05, 4.69) is 10.1 Å². The van der Waals surface area contributed by atoms with Crippen LogP contribution in [0.3, 0.4) is 0 Å². The van der Waals surface area contributed by atoms with Crippen molar-refractivity contribution in [3.05, 3.63) is 51.5 Å². The quantitative estimate of drug-likeness (QED) is 0.857. The second-order valence-electron chi connectivity index (χ2n) is 4.44. The largest absolute Gasteiger partial charge is 0.469 e. The molecule has 0 fully saturated rings. The number of anilines is 1. The van der Waals surface area contributed by atoms with E-state index in [1.54, 1.807) is 30.4 Å². The number of aryl methyl sites for hydroxylation is 1. The number of carbonyl (C=O) groups is 1. The van der Waals surface area contributed by atoms with Gasteiger partial charge >= 0.3 is 5.97 Å². The Bertz CT molecular complexity index is 610. The first-order valence-electron chi connectivity index (χ1n) is 6.23. The average molecular weight is 293 g/mol. The van der Waals surface area contributed by atoms with Crippen molar-refractivity contribution in [3.8, 4) is 0 Å². The number of hydrogen-bond donors (Lipinski definition) is 1. The van der Waals surface area contributed by atoms with Crippen LogP contribution in [-0.2, 0) is 22.5 Å². The maximum atomic E-state index is 13.2. The van der Waals surface area contributed by atoms with Crippen LogP contribution in [0.5, 0.6) is 0 Å². The Hall–Kier alpha value is -1.88. The standard InChI is InChI=1S/C15H16FNO2S/c1-10-7-11(3-6-14(10)16)17-9-13-5-4-12(20-13)8-15(18)19-2/h3-7,17H,8-9H2,1-2H3. The smallest absolute Gasteiger partial charge is 0.310 e. The molecule has 3 nitrogen and oxygen atoms in total. The van der Waals surface area contributed by atoms with Crippen LogP contribution in [0.4, 0.5) is 10.1 Å². The molecule has 1 N–H and O–H groups in total. The number of methoxy groups -OCH3 is 1. The summed E-state index contributed by atoms with van der Waals surface area (Å²) in [6.07, 6.45) is 0.302. The lowest BCUT2D eigenvalue weighted by Crippen LogP contribution is -2.02. The van der Waals surface area contributed by atoms with Gasteiger partial charge < -0.3 is 10.1 Å². The summed E-state index contributed by atoms with van der Waals surface area (Å²) < 4.78 is 17.8. The van der Waals surface area contributed by atoms with Gasteiger partial charge in [-0.1, -0.05) is 0 Å². The highest BCUT2D eigenvalue weighted by atomic mass is 32.1. The zero-order valence-electron chi connectivity index (χ0n) is 11.4. The van der Waals surface area contributed by atoms with E-state index in [-0.39, 0.29) is 11.8 Å². The zero-order chi connectivity index (χ0) is 14.5. The Balaban J connectivity index is 1.93. The molecule has 1 heterocycles. The Kier molecular flexibility index (Phi) is 4.74.